The van der Waals surface area contributed by atoms with Crippen LogP contribution in [0.3, 0.4) is 0 Å². The van der Waals surface area contributed by atoms with E-state index in [9.17, 15) is 9.59 Å². The van der Waals surface area contributed by atoms with E-state index in [4.69, 9.17) is 4.74 Å². The van der Waals surface area contributed by atoms with Crippen molar-refractivity contribution in [1.82, 2.24) is 4.98 Å². The number of thiazole rings is 1. The first kappa shape index (κ1) is 19.8. The summed E-state index contributed by atoms with van der Waals surface area (Å²) in [6.45, 7) is 5.62. The van der Waals surface area contributed by atoms with E-state index in [0.29, 0.717) is 5.69 Å². The van der Waals surface area contributed by atoms with Crippen LogP contribution in [0.25, 0.3) is 10.6 Å². The number of hydrogen-bond donors (Lipinski definition) is 1. The van der Waals surface area contributed by atoms with Crippen molar-refractivity contribution in [2.45, 2.75) is 27.2 Å². The summed E-state index contributed by atoms with van der Waals surface area (Å²) in [5, 5.41) is 5.47. The molecule has 28 heavy (non-hydrogen) atoms. The molecule has 0 unspecified atom stereocenters. The molecule has 0 radical (unpaired) electrons. The normalized spacial score (nSPS) is 10.5. The van der Waals surface area contributed by atoms with Crippen LogP contribution in [-0.4, -0.2) is 23.5 Å². The van der Waals surface area contributed by atoms with Gasteiger partial charge in [-0.05, 0) is 38.0 Å². The molecule has 0 bridgehead atoms. The predicted molar refractivity (Wildman–Crippen MR) is 111 cm³/mol. The van der Waals surface area contributed by atoms with Crippen molar-refractivity contribution in [3.05, 3.63) is 70.2 Å². The number of carbonyl (C=O) groups is 2. The van der Waals surface area contributed by atoms with Gasteiger partial charge >= 0.3 is 5.97 Å². The third-order valence-corrected chi connectivity index (χ3v) is 5.36. The van der Waals surface area contributed by atoms with Crippen molar-refractivity contribution >= 4 is 28.9 Å². The van der Waals surface area contributed by atoms with Gasteiger partial charge in [-0.1, -0.05) is 42.0 Å². The van der Waals surface area contributed by atoms with Gasteiger partial charge in [-0.15, -0.1) is 11.3 Å². The minimum Gasteiger partial charge on any atom is -0.455 e. The van der Waals surface area contributed by atoms with Crippen LogP contribution in [0.15, 0.2) is 47.8 Å². The first-order chi connectivity index (χ1) is 13.4. The second kappa shape index (κ2) is 8.80. The molecule has 0 fully saturated rings. The number of amides is 1. The zero-order chi connectivity index (χ0) is 20.1. The molecule has 0 saturated heterocycles. The van der Waals surface area contributed by atoms with Gasteiger partial charge in [-0.2, -0.15) is 0 Å². The van der Waals surface area contributed by atoms with E-state index in [1.165, 1.54) is 16.9 Å². The fourth-order valence-electron chi connectivity index (χ4n) is 2.63. The Balaban J connectivity index is 1.51. The van der Waals surface area contributed by atoms with Crippen molar-refractivity contribution in [2.24, 2.45) is 0 Å². The lowest BCUT2D eigenvalue weighted by molar-refractivity contribution is -0.146. The number of carbonyl (C=O) groups excluding carboxylic acids is 2. The molecule has 0 saturated carbocycles. The quantitative estimate of drug-likeness (QED) is 0.627. The fraction of sp³-hybridized carbons (Fsp3) is 0.227. The number of nitrogens with zero attached hydrogens (tertiary/aromatic N) is 1. The van der Waals surface area contributed by atoms with Gasteiger partial charge < -0.3 is 10.1 Å². The van der Waals surface area contributed by atoms with Crippen LogP contribution in [0.1, 0.15) is 22.4 Å². The highest BCUT2D eigenvalue weighted by Crippen LogP contribution is 2.24. The zero-order valence-electron chi connectivity index (χ0n) is 16.1. The topological polar surface area (TPSA) is 68.3 Å². The number of nitrogens with one attached hydrogen (secondary N) is 1. The number of hydrogen-bond acceptors (Lipinski definition) is 5. The van der Waals surface area contributed by atoms with Crippen LogP contribution in [0.4, 0.5) is 5.69 Å². The lowest BCUT2D eigenvalue weighted by Crippen LogP contribution is -2.22. The highest BCUT2D eigenvalue weighted by Gasteiger charge is 2.13. The van der Waals surface area contributed by atoms with Gasteiger partial charge in [0.15, 0.2) is 6.61 Å². The molecular weight excluding hydrogens is 372 g/mol. The third-order valence-electron chi connectivity index (χ3n) is 4.42. The molecule has 3 rings (SSSR count). The Morgan fingerprint density at radius 1 is 1.07 bits per heavy atom. The number of esters is 1. The highest BCUT2D eigenvalue weighted by atomic mass is 32.1. The summed E-state index contributed by atoms with van der Waals surface area (Å²) in [7, 11) is 0. The second-order valence-corrected chi connectivity index (χ2v) is 7.50. The maximum absolute atomic E-state index is 12.0. The maximum atomic E-state index is 12.0. The molecule has 0 aliphatic heterocycles. The number of anilines is 1. The molecule has 0 aliphatic rings. The van der Waals surface area contributed by atoms with Gasteiger partial charge in [0.2, 0.25) is 0 Å². The summed E-state index contributed by atoms with van der Waals surface area (Å²) in [5.74, 6) is -0.836. The number of aromatic nitrogens is 1. The Morgan fingerprint density at radius 3 is 2.57 bits per heavy atom. The molecular formula is C22H22N2O3S. The minimum atomic E-state index is -0.475. The van der Waals surface area contributed by atoms with Crippen molar-refractivity contribution in [1.29, 1.82) is 0 Å². The standard InChI is InChI=1S/C22H22N2O3S/c1-14-7-9-17(10-8-14)22-23-18(13-28-22)11-21(26)27-12-20(25)24-19-6-4-5-15(2)16(19)3/h4-10,13H,11-12H2,1-3H3,(H,24,25). The van der Waals surface area contributed by atoms with Gasteiger partial charge in [0.1, 0.15) is 5.01 Å². The molecule has 0 spiro atoms. The minimum absolute atomic E-state index is 0.0408. The molecule has 1 heterocycles. The van der Waals surface area contributed by atoms with Crippen LogP contribution in [0, 0.1) is 20.8 Å². The summed E-state index contributed by atoms with van der Waals surface area (Å²) in [6, 6.07) is 13.7. The molecule has 0 atom stereocenters. The predicted octanol–water partition coefficient (Wildman–Crippen LogP) is 4.46. The number of ether oxygens (including phenoxy) is 1. The van der Waals surface area contributed by atoms with Gasteiger partial charge in [-0.3, -0.25) is 9.59 Å². The molecule has 3 aromatic rings. The van der Waals surface area contributed by atoms with Crippen molar-refractivity contribution in [2.75, 3.05) is 11.9 Å². The first-order valence-corrected chi connectivity index (χ1v) is 9.83. The Kier molecular flexibility index (Phi) is 6.21. The molecule has 5 nitrogen and oxygen atoms in total. The number of benzene rings is 2. The summed E-state index contributed by atoms with van der Waals surface area (Å²) in [6.07, 6.45) is 0.0408. The largest absolute Gasteiger partial charge is 0.455 e. The molecule has 0 aliphatic carbocycles. The molecule has 1 N–H and O–H groups in total. The molecule has 1 aromatic heterocycles. The summed E-state index contributed by atoms with van der Waals surface area (Å²) in [5.41, 5.74) is 5.64. The van der Waals surface area contributed by atoms with E-state index in [0.717, 1.165) is 27.4 Å². The van der Waals surface area contributed by atoms with Crippen LogP contribution < -0.4 is 5.32 Å². The van der Waals surface area contributed by atoms with Crippen LogP contribution in [0.5, 0.6) is 0 Å². The SMILES string of the molecule is Cc1ccc(-c2nc(CC(=O)OCC(=O)Nc3cccc(C)c3C)cs2)cc1. The molecule has 1 amide bonds. The van der Waals surface area contributed by atoms with E-state index in [2.05, 4.69) is 10.3 Å². The Morgan fingerprint density at radius 2 is 1.82 bits per heavy atom. The van der Waals surface area contributed by atoms with Crippen LogP contribution >= 0.6 is 11.3 Å². The summed E-state index contributed by atoms with van der Waals surface area (Å²) in [4.78, 5) is 28.6. The average molecular weight is 394 g/mol. The molecule has 6 heteroatoms. The van der Waals surface area contributed by atoms with Crippen molar-refractivity contribution < 1.29 is 14.3 Å². The Labute approximate surface area is 168 Å². The van der Waals surface area contributed by atoms with E-state index in [1.54, 1.807) is 0 Å². The zero-order valence-corrected chi connectivity index (χ0v) is 16.9. The average Bonchev–Trinajstić information content (AvgIpc) is 3.13. The van der Waals surface area contributed by atoms with E-state index >= 15 is 0 Å². The molecule has 144 valence electrons. The van der Waals surface area contributed by atoms with Gasteiger partial charge in [-0.25, -0.2) is 4.98 Å². The van der Waals surface area contributed by atoms with E-state index < -0.39 is 5.97 Å². The summed E-state index contributed by atoms with van der Waals surface area (Å²) >= 11 is 1.48. The second-order valence-electron chi connectivity index (χ2n) is 6.64. The van der Waals surface area contributed by atoms with Crippen LogP contribution in [0.2, 0.25) is 0 Å². The number of aryl methyl sites for hydroxylation is 2. The fourth-order valence-corrected chi connectivity index (χ4v) is 3.46. The maximum Gasteiger partial charge on any atom is 0.312 e. The van der Waals surface area contributed by atoms with Crippen molar-refractivity contribution in [3.8, 4) is 10.6 Å². The Bertz CT molecular complexity index is 993. The van der Waals surface area contributed by atoms with E-state index in [1.807, 2.05) is 68.6 Å². The highest BCUT2D eigenvalue weighted by molar-refractivity contribution is 7.13. The smallest absolute Gasteiger partial charge is 0.312 e. The van der Waals surface area contributed by atoms with Gasteiger partial charge in [0, 0.05) is 16.6 Å². The third kappa shape index (κ3) is 5.04. The van der Waals surface area contributed by atoms with Crippen molar-refractivity contribution in [3.63, 3.8) is 0 Å². The monoisotopic (exact) mass is 394 g/mol. The lowest BCUT2D eigenvalue weighted by Gasteiger charge is -2.10. The lowest BCUT2D eigenvalue weighted by atomic mass is 10.1. The van der Waals surface area contributed by atoms with E-state index in [-0.39, 0.29) is 18.9 Å². The Hall–Kier alpha value is -2.99. The molecule has 2 aromatic carbocycles. The first-order valence-electron chi connectivity index (χ1n) is 8.95. The number of rotatable bonds is 6. The van der Waals surface area contributed by atoms with Gasteiger partial charge in [0.25, 0.3) is 5.91 Å². The van der Waals surface area contributed by atoms with Gasteiger partial charge in [0.05, 0.1) is 12.1 Å². The summed E-state index contributed by atoms with van der Waals surface area (Å²) < 4.78 is 5.09. The van der Waals surface area contributed by atoms with Crippen LogP contribution in [-0.2, 0) is 20.7 Å².